The van der Waals surface area contributed by atoms with E-state index >= 15 is 0 Å². The number of Topliss-reactive ketones (excluding diaryl/α,β-unsaturated/α-hetero) is 1. The summed E-state index contributed by atoms with van der Waals surface area (Å²) in [6, 6.07) is 5.22. The molecular formula is C22H26O6. The Bertz CT molecular complexity index is 861. The van der Waals surface area contributed by atoms with Crippen LogP contribution in [0.15, 0.2) is 18.2 Å². The zero-order chi connectivity index (χ0) is 20.3. The van der Waals surface area contributed by atoms with Crippen molar-refractivity contribution in [2.75, 3.05) is 0 Å². The average Bonchev–Trinajstić information content (AvgIpc) is 2.89. The van der Waals surface area contributed by atoms with E-state index in [9.17, 15) is 19.5 Å². The van der Waals surface area contributed by atoms with Gasteiger partial charge in [0.05, 0.1) is 0 Å². The van der Waals surface area contributed by atoms with Gasteiger partial charge in [-0.05, 0) is 54.4 Å². The molecule has 3 aliphatic rings. The zero-order valence-electron chi connectivity index (χ0n) is 16.5. The molecular weight excluding hydrogens is 360 g/mol. The van der Waals surface area contributed by atoms with Crippen LogP contribution in [0.25, 0.3) is 0 Å². The molecule has 0 saturated heterocycles. The van der Waals surface area contributed by atoms with Crippen molar-refractivity contribution in [1.29, 1.82) is 0 Å². The highest BCUT2D eigenvalue weighted by atomic mass is 16.6. The number of ether oxygens (including phenoxy) is 2. The lowest BCUT2D eigenvalue weighted by Crippen LogP contribution is -2.60. The van der Waals surface area contributed by atoms with Crippen molar-refractivity contribution >= 4 is 17.7 Å². The van der Waals surface area contributed by atoms with Crippen LogP contribution in [0.5, 0.6) is 5.75 Å². The van der Waals surface area contributed by atoms with E-state index in [-0.39, 0.29) is 17.6 Å². The number of esters is 2. The van der Waals surface area contributed by atoms with Crippen molar-refractivity contribution in [3.05, 3.63) is 29.3 Å². The molecule has 5 atom stereocenters. The number of hydrogen-bond donors (Lipinski definition) is 1. The Balaban J connectivity index is 1.81. The first-order valence-electron chi connectivity index (χ1n) is 9.91. The van der Waals surface area contributed by atoms with Gasteiger partial charge in [0.2, 0.25) is 0 Å². The van der Waals surface area contributed by atoms with E-state index < -0.39 is 29.1 Å². The zero-order valence-corrected chi connectivity index (χ0v) is 16.5. The molecule has 1 aromatic rings. The summed E-state index contributed by atoms with van der Waals surface area (Å²) in [6.45, 7) is 4.64. The molecule has 1 N–H and O–H groups in total. The van der Waals surface area contributed by atoms with Crippen LogP contribution < -0.4 is 4.74 Å². The lowest BCUT2D eigenvalue weighted by Gasteiger charge is -2.56. The van der Waals surface area contributed by atoms with Gasteiger partial charge in [-0.3, -0.25) is 14.4 Å². The minimum Gasteiger partial charge on any atom is -0.459 e. The van der Waals surface area contributed by atoms with Crippen LogP contribution in [0.3, 0.4) is 0 Å². The molecule has 28 heavy (non-hydrogen) atoms. The highest BCUT2D eigenvalue weighted by Gasteiger charge is 2.65. The predicted molar refractivity (Wildman–Crippen MR) is 99.5 cm³/mol. The lowest BCUT2D eigenvalue weighted by molar-refractivity contribution is -0.214. The maximum absolute atomic E-state index is 12.7. The first kappa shape index (κ1) is 19.1. The highest BCUT2D eigenvalue weighted by Crippen LogP contribution is 2.62. The Morgan fingerprint density at radius 3 is 2.50 bits per heavy atom. The summed E-state index contributed by atoms with van der Waals surface area (Å²) in [5.41, 5.74) is -0.301. The van der Waals surface area contributed by atoms with Gasteiger partial charge in [-0.1, -0.05) is 13.0 Å². The maximum atomic E-state index is 12.7. The smallest absolute Gasteiger partial charge is 0.308 e. The molecule has 0 amide bonds. The van der Waals surface area contributed by atoms with Crippen LogP contribution in [0, 0.1) is 17.3 Å². The van der Waals surface area contributed by atoms with Crippen LogP contribution in [-0.2, 0) is 31.1 Å². The van der Waals surface area contributed by atoms with Crippen molar-refractivity contribution in [3.8, 4) is 5.75 Å². The van der Waals surface area contributed by atoms with Crippen LogP contribution in [-0.4, -0.2) is 28.9 Å². The first-order valence-corrected chi connectivity index (χ1v) is 9.91. The first-order chi connectivity index (χ1) is 13.2. The van der Waals surface area contributed by atoms with E-state index in [2.05, 4.69) is 0 Å². The van der Waals surface area contributed by atoms with Crippen LogP contribution in [0.2, 0.25) is 0 Å². The number of aliphatic hydroxyl groups is 1. The summed E-state index contributed by atoms with van der Waals surface area (Å²) >= 11 is 0. The Morgan fingerprint density at radius 2 is 1.82 bits per heavy atom. The van der Waals surface area contributed by atoms with Crippen molar-refractivity contribution in [2.45, 2.75) is 64.6 Å². The molecule has 0 unspecified atom stereocenters. The van der Waals surface area contributed by atoms with Gasteiger partial charge in [-0.15, -0.1) is 0 Å². The number of carbonyl (C=O) groups excluding carboxylic acids is 3. The molecule has 4 rings (SSSR count). The topological polar surface area (TPSA) is 89.9 Å². The minimum absolute atomic E-state index is 0.0677. The molecule has 0 spiro atoms. The number of aryl methyl sites for hydroxylation is 1. The van der Waals surface area contributed by atoms with Crippen LogP contribution >= 0.6 is 0 Å². The summed E-state index contributed by atoms with van der Waals surface area (Å²) in [5, 5.41) is 12.0. The van der Waals surface area contributed by atoms with E-state index in [1.54, 1.807) is 18.2 Å². The van der Waals surface area contributed by atoms with Crippen molar-refractivity contribution in [2.24, 2.45) is 17.3 Å². The fourth-order valence-electron chi connectivity index (χ4n) is 5.93. The Labute approximate surface area is 164 Å². The Morgan fingerprint density at radius 1 is 1.11 bits per heavy atom. The summed E-state index contributed by atoms with van der Waals surface area (Å²) < 4.78 is 10.8. The van der Waals surface area contributed by atoms with Gasteiger partial charge in [0.25, 0.3) is 0 Å². The quantitative estimate of drug-likeness (QED) is 0.621. The molecule has 0 aliphatic heterocycles. The Hall–Kier alpha value is -2.21. The maximum Gasteiger partial charge on any atom is 0.308 e. The molecule has 150 valence electrons. The average molecular weight is 386 g/mol. The van der Waals surface area contributed by atoms with Gasteiger partial charge >= 0.3 is 11.9 Å². The second kappa shape index (κ2) is 6.41. The second-order valence-corrected chi connectivity index (χ2v) is 8.67. The summed E-state index contributed by atoms with van der Waals surface area (Å²) in [5.74, 6) is -0.315. The van der Waals surface area contributed by atoms with Crippen molar-refractivity contribution < 1.29 is 29.0 Å². The van der Waals surface area contributed by atoms with Gasteiger partial charge in [0.1, 0.15) is 23.2 Å². The predicted octanol–water partition coefficient (Wildman–Crippen LogP) is 2.68. The summed E-state index contributed by atoms with van der Waals surface area (Å²) in [7, 11) is 0. The van der Waals surface area contributed by atoms with Crippen molar-refractivity contribution in [3.63, 3.8) is 0 Å². The van der Waals surface area contributed by atoms with E-state index in [0.717, 1.165) is 12.0 Å². The highest BCUT2D eigenvalue weighted by molar-refractivity contribution is 5.87. The number of fused-ring (bicyclic) bond motifs is 5. The summed E-state index contributed by atoms with van der Waals surface area (Å²) in [6.07, 6.45) is 2.23. The third-order valence-electron chi connectivity index (χ3n) is 7.09. The second-order valence-electron chi connectivity index (χ2n) is 8.67. The monoisotopic (exact) mass is 386 g/mol. The fourth-order valence-corrected chi connectivity index (χ4v) is 5.93. The summed E-state index contributed by atoms with van der Waals surface area (Å²) in [4.78, 5) is 35.8. The van der Waals surface area contributed by atoms with E-state index in [1.807, 2.05) is 6.92 Å². The number of carbonyl (C=O) groups is 3. The van der Waals surface area contributed by atoms with Gasteiger partial charge in [-0.25, -0.2) is 0 Å². The molecule has 6 heteroatoms. The largest absolute Gasteiger partial charge is 0.459 e. The molecule has 0 radical (unpaired) electrons. The van der Waals surface area contributed by atoms with Crippen molar-refractivity contribution in [1.82, 2.24) is 0 Å². The fraction of sp³-hybridized carbons (Fsp3) is 0.591. The number of ketones is 1. The number of rotatable bonds is 2. The number of benzene rings is 1. The molecule has 6 nitrogen and oxygen atoms in total. The Kier molecular flexibility index (Phi) is 4.38. The third kappa shape index (κ3) is 2.69. The van der Waals surface area contributed by atoms with Gasteiger partial charge in [-0.2, -0.15) is 0 Å². The minimum atomic E-state index is -1.34. The van der Waals surface area contributed by atoms with Gasteiger partial charge < -0.3 is 14.6 Å². The van der Waals surface area contributed by atoms with Crippen LogP contribution in [0.1, 0.15) is 57.6 Å². The van der Waals surface area contributed by atoms with Gasteiger partial charge in [0, 0.05) is 32.1 Å². The standard InChI is InChI=1S/C22H26O6/c1-12(23)27-15-5-7-16-14(10-15)4-6-18-17-8-9-19(25)21(17,3)11-20(22(16,18)26)28-13(2)24/h5,7,10,17-18,20,26H,4,6,8-9,11H2,1-3H3/t17-,18+,20-,21+,22+/m0/s1. The molecule has 0 heterocycles. The molecule has 2 saturated carbocycles. The molecule has 3 aliphatic carbocycles. The van der Waals surface area contributed by atoms with E-state index in [1.165, 1.54) is 13.8 Å². The number of hydrogen-bond acceptors (Lipinski definition) is 6. The van der Waals surface area contributed by atoms with E-state index in [4.69, 9.17) is 9.47 Å². The van der Waals surface area contributed by atoms with Crippen LogP contribution in [0.4, 0.5) is 0 Å². The normalized spacial score (nSPS) is 36.1. The lowest BCUT2D eigenvalue weighted by atomic mass is 9.52. The molecule has 0 aromatic heterocycles. The SMILES string of the molecule is CC(=O)Oc1ccc2c(c1)CC[C@@H]1[C@@H]3CCC(=O)[C@]3(C)C[C@H](OC(C)=O)[C@@]21O. The molecule has 2 fully saturated rings. The van der Waals surface area contributed by atoms with E-state index in [0.29, 0.717) is 37.0 Å². The molecule has 1 aromatic carbocycles. The van der Waals surface area contributed by atoms with Gasteiger partial charge in [0.15, 0.2) is 0 Å². The third-order valence-corrected chi connectivity index (χ3v) is 7.09. The molecule has 0 bridgehead atoms.